The Hall–Kier alpha value is -3.60. The molecule has 2 amide bonds. The highest BCUT2D eigenvalue weighted by Crippen LogP contribution is 2.49. The Kier molecular flexibility index (Phi) is 5.33. The monoisotopic (exact) mass is 541 g/mol. The number of nitrogen functional groups attached to an aromatic ring is 1. The van der Waals surface area contributed by atoms with E-state index in [1.54, 1.807) is 0 Å². The Morgan fingerprint density at radius 2 is 2.03 bits per heavy atom. The number of thiazole rings is 1. The summed E-state index contributed by atoms with van der Waals surface area (Å²) in [6.07, 6.45) is 0.347. The molecule has 36 heavy (non-hydrogen) atoms. The summed E-state index contributed by atoms with van der Waals surface area (Å²) in [5.74, 6) is -7.79. The summed E-state index contributed by atoms with van der Waals surface area (Å²) in [5, 5.41) is 25.4. The van der Waals surface area contributed by atoms with Crippen LogP contribution in [0.2, 0.25) is 0 Å². The van der Waals surface area contributed by atoms with Crippen molar-refractivity contribution in [3.8, 4) is 0 Å². The first-order chi connectivity index (χ1) is 16.9. The van der Waals surface area contributed by atoms with E-state index in [-0.39, 0.29) is 29.4 Å². The van der Waals surface area contributed by atoms with E-state index in [0.29, 0.717) is 0 Å². The maximum Gasteiger partial charge on any atom is 0.370 e. The third-order valence-electron chi connectivity index (χ3n) is 6.73. The fraction of sp³-hybridized carbons (Fsp3) is 0.526. The SMILES string of the molecule is CC1C(=O)OC2(C(=O)O)C1CS(=O)C1C(NC(=O)/C(=N\OC3(C(=O)O)CC3)c3csc(N)n3)C(=O)N12. The van der Waals surface area contributed by atoms with Crippen LogP contribution >= 0.6 is 11.3 Å². The van der Waals surface area contributed by atoms with Gasteiger partial charge in [0.1, 0.15) is 17.1 Å². The van der Waals surface area contributed by atoms with Gasteiger partial charge in [-0.25, -0.2) is 14.6 Å². The van der Waals surface area contributed by atoms with Crippen molar-refractivity contribution >= 4 is 62.7 Å². The summed E-state index contributed by atoms with van der Waals surface area (Å²) in [5.41, 5.74) is 1.20. The minimum absolute atomic E-state index is 0.0507. The van der Waals surface area contributed by atoms with Crippen LogP contribution in [0.25, 0.3) is 0 Å². The smallest absolute Gasteiger partial charge is 0.370 e. The fourth-order valence-corrected chi connectivity index (χ4v) is 7.11. The lowest BCUT2D eigenvalue weighted by Crippen LogP contribution is -2.83. The number of carbonyl (C=O) groups is 5. The zero-order valence-corrected chi connectivity index (χ0v) is 20.0. The number of rotatable bonds is 7. The van der Waals surface area contributed by atoms with Crippen LogP contribution in [0.15, 0.2) is 10.5 Å². The van der Waals surface area contributed by atoms with E-state index in [2.05, 4.69) is 15.5 Å². The van der Waals surface area contributed by atoms with Gasteiger partial charge in [-0.2, -0.15) is 0 Å². The van der Waals surface area contributed by atoms with Gasteiger partial charge in [-0.15, -0.1) is 11.3 Å². The molecule has 3 aliphatic heterocycles. The average Bonchev–Trinajstić information content (AvgIpc) is 3.43. The van der Waals surface area contributed by atoms with Crippen LogP contribution in [0.5, 0.6) is 0 Å². The average molecular weight is 542 g/mol. The molecule has 192 valence electrons. The molecule has 6 atom stereocenters. The summed E-state index contributed by atoms with van der Waals surface area (Å²) in [7, 11) is -1.84. The maximum atomic E-state index is 13.1. The summed E-state index contributed by atoms with van der Waals surface area (Å²) < 4.78 is 18.2. The van der Waals surface area contributed by atoms with E-state index in [9.17, 15) is 38.4 Å². The Bertz CT molecular complexity index is 1270. The minimum atomic E-state index is -2.32. The number of carboxylic acid groups (broad SMARTS) is 2. The number of aromatic nitrogens is 1. The molecule has 3 saturated heterocycles. The zero-order valence-electron chi connectivity index (χ0n) is 18.4. The van der Waals surface area contributed by atoms with Crippen LogP contribution in [0.3, 0.4) is 0 Å². The number of aliphatic carboxylic acids is 2. The number of carbonyl (C=O) groups excluding carboxylic acids is 3. The van der Waals surface area contributed by atoms with E-state index in [1.807, 2.05) is 0 Å². The summed E-state index contributed by atoms with van der Waals surface area (Å²) in [4.78, 5) is 71.8. The van der Waals surface area contributed by atoms with E-state index < -0.39 is 80.8 Å². The second kappa shape index (κ2) is 7.95. The molecule has 4 fully saturated rings. The van der Waals surface area contributed by atoms with Crippen LogP contribution in [0.1, 0.15) is 25.5 Å². The Morgan fingerprint density at radius 1 is 1.33 bits per heavy atom. The van der Waals surface area contributed by atoms with Crippen LogP contribution < -0.4 is 11.1 Å². The van der Waals surface area contributed by atoms with Gasteiger partial charge in [0.25, 0.3) is 17.5 Å². The van der Waals surface area contributed by atoms with E-state index in [0.717, 1.165) is 16.2 Å². The van der Waals surface area contributed by atoms with Crippen LogP contribution in [0.4, 0.5) is 5.13 Å². The number of nitrogens with zero attached hydrogens (tertiary/aromatic N) is 3. The number of ether oxygens (including phenoxy) is 1. The molecule has 0 radical (unpaired) electrons. The van der Waals surface area contributed by atoms with Crippen molar-refractivity contribution in [2.75, 3.05) is 11.5 Å². The molecule has 5 N–H and O–H groups in total. The first kappa shape index (κ1) is 24.1. The topological polar surface area (TPSA) is 228 Å². The Morgan fingerprint density at radius 3 is 2.58 bits per heavy atom. The quantitative estimate of drug-likeness (QED) is 0.128. The number of anilines is 1. The highest BCUT2D eigenvalue weighted by molar-refractivity contribution is 7.85. The highest BCUT2D eigenvalue weighted by Gasteiger charge is 2.75. The van der Waals surface area contributed by atoms with Gasteiger partial charge < -0.3 is 30.8 Å². The number of carboxylic acids is 2. The molecule has 1 aromatic rings. The number of β-lactam (4-membered cyclic amide) rings is 1. The number of nitrogens with two attached hydrogens (primary N) is 1. The lowest BCUT2D eigenvalue weighted by atomic mass is 9.84. The van der Waals surface area contributed by atoms with Gasteiger partial charge in [-0.1, -0.05) is 12.1 Å². The third kappa shape index (κ3) is 3.29. The summed E-state index contributed by atoms with van der Waals surface area (Å²) in [6, 6.07) is -1.43. The minimum Gasteiger partial charge on any atom is -0.478 e. The number of hydrogen-bond donors (Lipinski definition) is 4. The molecule has 1 aromatic heterocycles. The number of nitrogens with one attached hydrogen (secondary N) is 1. The van der Waals surface area contributed by atoms with Crippen molar-refractivity contribution < 1.29 is 48.0 Å². The molecule has 0 bridgehead atoms. The van der Waals surface area contributed by atoms with Crippen LogP contribution in [-0.2, 0) is 44.3 Å². The highest BCUT2D eigenvalue weighted by atomic mass is 32.2. The fourth-order valence-electron chi connectivity index (χ4n) is 4.51. The summed E-state index contributed by atoms with van der Waals surface area (Å²) >= 11 is 0.973. The van der Waals surface area contributed by atoms with Crippen molar-refractivity contribution in [3.63, 3.8) is 0 Å². The first-order valence-electron chi connectivity index (χ1n) is 10.6. The van der Waals surface area contributed by atoms with Crippen molar-refractivity contribution in [2.45, 2.75) is 42.5 Å². The molecule has 17 heteroatoms. The van der Waals surface area contributed by atoms with Gasteiger partial charge in [0, 0.05) is 34.8 Å². The Labute approximate surface area is 208 Å². The molecule has 6 unspecified atom stereocenters. The van der Waals surface area contributed by atoms with Gasteiger partial charge in [0.2, 0.25) is 5.60 Å². The number of esters is 1. The van der Waals surface area contributed by atoms with Gasteiger partial charge in [-0.05, 0) is 0 Å². The van der Waals surface area contributed by atoms with Crippen molar-refractivity contribution in [2.24, 2.45) is 17.0 Å². The van der Waals surface area contributed by atoms with Gasteiger partial charge >= 0.3 is 17.9 Å². The number of oxime groups is 1. The van der Waals surface area contributed by atoms with Crippen molar-refractivity contribution in [3.05, 3.63) is 11.1 Å². The molecule has 15 nitrogen and oxygen atoms in total. The summed E-state index contributed by atoms with van der Waals surface area (Å²) in [6.45, 7) is 1.44. The van der Waals surface area contributed by atoms with Crippen LogP contribution in [0, 0.1) is 11.8 Å². The molecular formula is C19H19N5O10S2. The maximum absolute atomic E-state index is 13.1. The standard InChI is InChI=1S/C19H19N5O10S2/c1-6-7-5-36(32)13-10(12(26)24(13)19(7,16(30)31)33-14(6)27)22-11(25)9(8-4-35-17(20)21-8)23-34-18(2-3-18)15(28)29/h4,6-7,10,13H,2-3,5H2,1H3,(H2,20,21)(H,22,25)(H,28,29)(H,30,31)/b23-9-. The molecule has 0 spiro atoms. The number of amides is 2. The predicted molar refractivity (Wildman–Crippen MR) is 118 cm³/mol. The normalized spacial score (nSPS) is 34.1. The van der Waals surface area contributed by atoms with Gasteiger partial charge in [0.05, 0.1) is 11.8 Å². The van der Waals surface area contributed by atoms with E-state index in [4.69, 9.17) is 15.3 Å². The number of fused-ring (bicyclic) bond motifs is 3. The van der Waals surface area contributed by atoms with Gasteiger partial charge in [0.15, 0.2) is 10.8 Å². The lowest BCUT2D eigenvalue weighted by molar-refractivity contribution is -0.216. The number of hydrogen-bond acceptors (Lipinski definition) is 12. The molecule has 1 aliphatic carbocycles. The Balaban J connectivity index is 1.42. The van der Waals surface area contributed by atoms with Crippen molar-refractivity contribution in [1.82, 2.24) is 15.2 Å². The predicted octanol–water partition coefficient (Wildman–Crippen LogP) is -1.93. The molecular weight excluding hydrogens is 522 g/mol. The largest absolute Gasteiger partial charge is 0.478 e. The molecule has 5 rings (SSSR count). The molecule has 4 aliphatic rings. The lowest BCUT2D eigenvalue weighted by Gasteiger charge is -2.56. The van der Waals surface area contributed by atoms with Crippen molar-refractivity contribution in [1.29, 1.82) is 0 Å². The molecule has 4 heterocycles. The second-order valence-corrected chi connectivity index (χ2v) is 11.3. The molecule has 1 saturated carbocycles. The van der Waals surface area contributed by atoms with E-state index in [1.165, 1.54) is 12.3 Å². The van der Waals surface area contributed by atoms with E-state index >= 15 is 0 Å². The van der Waals surface area contributed by atoms with Gasteiger partial charge in [-0.3, -0.25) is 23.5 Å². The third-order valence-corrected chi connectivity index (χ3v) is 9.11. The van der Waals surface area contributed by atoms with Crippen LogP contribution in [-0.4, -0.2) is 88.2 Å². The zero-order chi connectivity index (χ0) is 26.2. The second-order valence-electron chi connectivity index (χ2n) is 8.82. The first-order valence-corrected chi connectivity index (χ1v) is 12.9. The molecule has 0 aromatic carbocycles.